The van der Waals surface area contributed by atoms with Crippen molar-refractivity contribution < 1.29 is 18.4 Å². The van der Waals surface area contributed by atoms with Crippen LogP contribution in [0.5, 0.6) is 5.75 Å². The highest BCUT2D eigenvalue weighted by molar-refractivity contribution is 6.33. The maximum absolute atomic E-state index is 13.2. The van der Waals surface area contributed by atoms with E-state index in [1.807, 2.05) is 24.3 Å². The molecule has 1 fully saturated rings. The van der Waals surface area contributed by atoms with Gasteiger partial charge in [0.1, 0.15) is 11.6 Å². The van der Waals surface area contributed by atoms with E-state index in [0.717, 1.165) is 17.4 Å². The lowest BCUT2D eigenvalue weighted by Gasteiger charge is -2.37. The number of rotatable bonds is 5. The van der Waals surface area contributed by atoms with E-state index < -0.39 is 5.82 Å². The minimum atomic E-state index is -0.475. The minimum Gasteiger partial charge on any atom is -0.496 e. The molecule has 1 aromatic heterocycles. The van der Waals surface area contributed by atoms with Crippen molar-refractivity contribution in [1.29, 1.82) is 0 Å². The van der Waals surface area contributed by atoms with Gasteiger partial charge in [0, 0.05) is 25.1 Å². The lowest BCUT2D eigenvalue weighted by molar-refractivity contribution is 0.0569. The highest BCUT2D eigenvalue weighted by Gasteiger charge is 2.36. The van der Waals surface area contributed by atoms with E-state index in [1.165, 1.54) is 12.1 Å². The Labute approximate surface area is 165 Å². The van der Waals surface area contributed by atoms with Crippen molar-refractivity contribution in [2.75, 3.05) is 20.2 Å². The van der Waals surface area contributed by atoms with Crippen LogP contribution in [0.2, 0.25) is 5.02 Å². The highest BCUT2D eigenvalue weighted by atomic mass is 35.5. The first-order valence-corrected chi connectivity index (χ1v) is 9.11. The van der Waals surface area contributed by atoms with E-state index in [4.69, 9.17) is 20.9 Å². The molecular weight excluding hydrogens is 385 g/mol. The standard InChI is InChI=1S/C20H17ClFN3O3/c1-27-17-5-3-2-4-12(17)8-18-23-19(28-24-18)13-10-25(11-13)20(26)15-7-6-14(22)9-16(15)21/h2-7,9,13H,8,10-11H2,1H3. The molecule has 0 unspecified atom stereocenters. The molecular formula is C20H17ClFN3O3. The number of carbonyl (C=O) groups excluding carboxylic acids is 1. The Morgan fingerprint density at radius 1 is 1.32 bits per heavy atom. The summed E-state index contributed by atoms with van der Waals surface area (Å²) in [5, 5.41) is 4.14. The fourth-order valence-electron chi connectivity index (χ4n) is 3.16. The summed E-state index contributed by atoms with van der Waals surface area (Å²) in [6.07, 6.45) is 0.494. The second-order valence-corrected chi connectivity index (χ2v) is 6.98. The molecule has 0 atom stereocenters. The Kier molecular flexibility index (Phi) is 5.00. The van der Waals surface area contributed by atoms with Crippen LogP contribution in [-0.2, 0) is 6.42 Å². The zero-order valence-corrected chi connectivity index (χ0v) is 15.8. The average molecular weight is 402 g/mol. The molecule has 2 heterocycles. The molecule has 1 aliphatic rings. The molecule has 1 aliphatic heterocycles. The van der Waals surface area contributed by atoms with Gasteiger partial charge in [-0.1, -0.05) is 35.0 Å². The molecule has 28 heavy (non-hydrogen) atoms. The van der Waals surface area contributed by atoms with Gasteiger partial charge in [-0.15, -0.1) is 0 Å². The molecule has 3 aromatic rings. The predicted octanol–water partition coefficient (Wildman–Crippen LogP) is 3.70. The Bertz CT molecular complexity index is 1020. The second-order valence-electron chi connectivity index (χ2n) is 6.57. The van der Waals surface area contributed by atoms with Crippen molar-refractivity contribution in [2.45, 2.75) is 12.3 Å². The maximum atomic E-state index is 13.2. The molecule has 0 spiro atoms. The van der Waals surface area contributed by atoms with Crippen molar-refractivity contribution in [3.05, 3.63) is 76.1 Å². The molecule has 1 saturated heterocycles. The largest absolute Gasteiger partial charge is 0.496 e. The summed E-state index contributed by atoms with van der Waals surface area (Å²) in [5.74, 6) is 1.09. The van der Waals surface area contributed by atoms with Crippen LogP contribution < -0.4 is 4.74 Å². The first-order chi connectivity index (χ1) is 13.5. The normalized spacial score (nSPS) is 14.0. The quantitative estimate of drug-likeness (QED) is 0.652. The van der Waals surface area contributed by atoms with Gasteiger partial charge in [-0.05, 0) is 24.3 Å². The fourth-order valence-corrected chi connectivity index (χ4v) is 3.41. The number of para-hydroxylation sites is 1. The molecule has 0 aliphatic carbocycles. The molecule has 2 aromatic carbocycles. The molecule has 0 radical (unpaired) electrons. The average Bonchev–Trinajstić information content (AvgIpc) is 3.08. The number of likely N-dealkylation sites (tertiary alicyclic amines) is 1. The number of aromatic nitrogens is 2. The van der Waals surface area contributed by atoms with Crippen LogP contribution in [0.4, 0.5) is 4.39 Å². The van der Waals surface area contributed by atoms with Gasteiger partial charge in [-0.25, -0.2) is 4.39 Å². The molecule has 144 valence electrons. The second kappa shape index (κ2) is 7.59. The summed E-state index contributed by atoms with van der Waals surface area (Å²) in [5.41, 5.74) is 1.25. The van der Waals surface area contributed by atoms with Crippen molar-refractivity contribution >= 4 is 17.5 Å². The van der Waals surface area contributed by atoms with Gasteiger partial charge in [0.05, 0.1) is 23.6 Å². The van der Waals surface area contributed by atoms with Gasteiger partial charge in [-0.2, -0.15) is 4.98 Å². The van der Waals surface area contributed by atoms with E-state index >= 15 is 0 Å². The number of carbonyl (C=O) groups is 1. The monoisotopic (exact) mass is 401 g/mol. The van der Waals surface area contributed by atoms with Gasteiger partial charge in [0.2, 0.25) is 5.89 Å². The molecule has 6 nitrogen and oxygen atoms in total. The van der Waals surface area contributed by atoms with E-state index in [9.17, 15) is 9.18 Å². The lowest BCUT2D eigenvalue weighted by Crippen LogP contribution is -2.48. The van der Waals surface area contributed by atoms with Gasteiger partial charge < -0.3 is 14.2 Å². The third-order valence-electron chi connectivity index (χ3n) is 4.70. The Morgan fingerprint density at radius 3 is 2.86 bits per heavy atom. The zero-order chi connectivity index (χ0) is 19.7. The van der Waals surface area contributed by atoms with E-state index in [2.05, 4.69) is 10.1 Å². The SMILES string of the molecule is COc1ccccc1Cc1noc(C2CN(C(=O)c3ccc(F)cc3Cl)C2)n1. The van der Waals surface area contributed by atoms with E-state index in [0.29, 0.717) is 31.2 Å². The topological polar surface area (TPSA) is 68.5 Å². The molecule has 0 N–H and O–H groups in total. The van der Waals surface area contributed by atoms with Crippen LogP contribution in [0.1, 0.15) is 33.6 Å². The number of hydrogen-bond donors (Lipinski definition) is 0. The third-order valence-corrected chi connectivity index (χ3v) is 5.02. The zero-order valence-electron chi connectivity index (χ0n) is 15.1. The third kappa shape index (κ3) is 3.57. The van der Waals surface area contributed by atoms with Crippen molar-refractivity contribution in [3.63, 3.8) is 0 Å². The first kappa shape index (κ1) is 18.4. The minimum absolute atomic E-state index is 0.0258. The summed E-state index contributed by atoms with van der Waals surface area (Å²) in [4.78, 5) is 18.6. The van der Waals surface area contributed by atoms with Crippen LogP contribution in [0.3, 0.4) is 0 Å². The molecule has 8 heteroatoms. The summed E-state index contributed by atoms with van der Waals surface area (Å²) >= 11 is 5.97. The number of ether oxygens (including phenoxy) is 1. The Hall–Kier alpha value is -2.93. The summed E-state index contributed by atoms with van der Waals surface area (Å²) in [6.45, 7) is 0.895. The number of methoxy groups -OCH3 is 1. The van der Waals surface area contributed by atoms with Crippen LogP contribution in [0.15, 0.2) is 47.0 Å². The number of benzene rings is 2. The van der Waals surface area contributed by atoms with Gasteiger partial charge in [0.25, 0.3) is 5.91 Å². The van der Waals surface area contributed by atoms with E-state index in [1.54, 1.807) is 12.0 Å². The summed E-state index contributed by atoms with van der Waals surface area (Å²) < 4.78 is 23.9. The predicted molar refractivity (Wildman–Crippen MR) is 100 cm³/mol. The molecule has 0 bridgehead atoms. The number of nitrogens with zero attached hydrogens (tertiary/aromatic N) is 3. The lowest BCUT2D eigenvalue weighted by atomic mass is 9.98. The molecule has 4 rings (SSSR count). The van der Waals surface area contributed by atoms with Crippen LogP contribution in [-0.4, -0.2) is 41.1 Å². The smallest absolute Gasteiger partial charge is 0.255 e. The van der Waals surface area contributed by atoms with Gasteiger partial charge in [-0.3, -0.25) is 4.79 Å². The van der Waals surface area contributed by atoms with Gasteiger partial charge >= 0.3 is 0 Å². The van der Waals surface area contributed by atoms with Crippen LogP contribution in [0.25, 0.3) is 0 Å². The van der Waals surface area contributed by atoms with Crippen LogP contribution in [0, 0.1) is 5.82 Å². The number of amides is 1. The maximum Gasteiger partial charge on any atom is 0.255 e. The number of halogens is 2. The first-order valence-electron chi connectivity index (χ1n) is 8.74. The van der Waals surface area contributed by atoms with Crippen molar-refractivity contribution in [3.8, 4) is 5.75 Å². The Morgan fingerprint density at radius 2 is 2.11 bits per heavy atom. The number of hydrogen-bond acceptors (Lipinski definition) is 5. The van der Waals surface area contributed by atoms with Gasteiger partial charge in [0.15, 0.2) is 5.82 Å². The van der Waals surface area contributed by atoms with Crippen molar-refractivity contribution in [2.24, 2.45) is 0 Å². The van der Waals surface area contributed by atoms with Crippen molar-refractivity contribution in [1.82, 2.24) is 15.0 Å². The molecule has 1 amide bonds. The fraction of sp³-hybridized carbons (Fsp3) is 0.250. The highest BCUT2D eigenvalue weighted by Crippen LogP contribution is 2.29. The van der Waals surface area contributed by atoms with E-state index in [-0.39, 0.29) is 22.4 Å². The summed E-state index contributed by atoms with van der Waals surface area (Å²) in [6, 6.07) is 11.4. The Balaban J connectivity index is 1.39. The van der Waals surface area contributed by atoms with Crippen LogP contribution >= 0.6 is 11.6 Å². The molecule has 0 saturated carbocycles. The summed E-state index contributed by atoms with van der Waals surface area (Å²) in [7, 11) is 1.62.